The number of nitrogens with zero attached hydrogens (tertiary/aromatic N) is 1. The maximum Gasteiger partial charge on any atom is 0.244 e. The van der Waals surface area contributed by atoms with Crippen LogP contribution in [0.2, 0.25) is 5.02 Å². The molecular weight excluding hydrogens is 446 g/mol. The van der Waals surface area contributed by atoms with Gasteiger partial charge in [0.05, 0.1) is 17.1 Å². The zero-order valence-corrected chi connectivity index (χ0v) is 19.7. The Balaban J connectivity index is 1.81. The minimum Gasteiger partial charge on any atom is -0.325 e. The standard InChI is InChI=1S/C24H26ClN3O3S/c1-17(26-23(18-10-6-4-7-11-18)19-12-8-5-9-13-19)24(29)27-20-14-15-21(25)22(16-20)32(30,31)28(2)3/h4-17,23,26H,1-3H3,(H,27,29). The normalized spacial score (nSPS) is 12.7. The highest BCUT2D eigenvalue weighted by Gasteiger charge is 2.23. The Morgan fingerprint density at radius 2 is 1.44 bits per heavy atom. The summed E-state index contributed by atoms with van der Waals surface area (Å²) < 4.78 is 26.1. The second-order valence-corrected chi connectivity index (χ2v) is 10.1. The Hall–Kier alpha value is -2.71. The van der Waals surface area contributed by atoms with Crippen LogP contribution in [0.5, 0.6) is 0 Å². The van der Waals surface area contributed by atoms with Crippen molar-refractivity contribution in [1.29, 1.82) is 0 Å². The number of rotatable bonds is 8. The summed E-state index contributed by atoms with van der Waals surface area (Å²) in [7, 11) is -0.889. The predicted molar refractivity (Wildman–Crippen MR) is 128 cm³/mol. The number of carbonyl (C=O) groups excluding carboxylic acids is 1. The van der Waals surface area contributed by atoms with Crippen LogP contribution in [-0.4, -0.2) is 38.8 Å². The molecular formula is C24H26ClN3O3S. The van der Waals surface area contributed by atoms with E-state index < -0.39 is 16.1 Å². The van der Waals surface area contributed by atoms with Gasteiger partial charge in [0, 0.05) is 19.8 Å². The summed E-state index contributed by atoms with van der Waals surface area (Å²) in [6.45, 7) is 1.77. The van der Waals surface area contributed by atoms with E-state index in [1.165, 1.54) is 26.2 Å². The summed E-state index contributed by atoms with van der Waals surface area (Å²) in [5, 5.41) is 6.26. The van der Waals surface area contributed by atoms with Crippen LogP contribution in [0.3, 0.4) is 0 Å². The average Bonchev–Trinajstić information content (AvgIpc) is 2.79. The van der Waals surface area contributed by atoms with E-state index in [2.05, 4.69) is 10.6 Å². The summed E-state index contributed by atoms with van der Waals surface area (Å²) in [6.07, 6.45) is 0. The van der Waals surface area contributed by atoms with Crippen molar-refractivity contribution in [3.05, 3.63) is 95.0 Å². The van der Waals surface area contributed by atoms with Crippen molar-refractivity contribution in [3.8, 4) is 0 Å². The van der Waals surface area contributed by atoms with E-state index in [9.17, 15) is 13.2 Å². The molecule has 168 valence electrons. The molecule has 1 amide bonds. The molecule has 1 unspecified atom stereocenters. The van der Waals surface area contributed by atoms with E-state index in [1.54, 1.807) is 13.0 Å². The molecule has 2 N–H and O–H groups in total. The Morgan fingerprint density at radius 3 is 1.94 bits per heavy atom. The van der Waals surface area contributed by atoms with Gasteiger partial charge in [0.2, 0.25) is 15.9 Å². The monoisotopic (exact) mass is 471 g/mol. The number of anilines is 1. The van der Waals surface area contributed by atoms with Crippen LogP contribution in [0.4, 0.5) is 5.69 Å². The molecule has 0 spiro atoms. The predicted octanol–water partition coefficient (Wildman–Crippen LogP) is 4.30. The van der Waals surface area contributed by atoms with Gasteiger partial charge in [0.15, 0.2) is 0 Å². The van der Waals surface area contributed by atoms with Crippen LogP contribution in [0.25, 0.3) is 0 Å². The molecule has 0 fully saturated rings. The molecule has 0 bridgehead atoms. The molecule has 0 saturated heterocycles. The second kappa shape index (κ2) is 10.3. The number of amides is 1. The smallest absolute Gasteiger partial charge is 0.244 e. The molecule has 0 radical (unpaired) electrons. The van der Waals surface area contributed by atoms with Gasteiger partial charge >= 0.3 is 0 Å². The van der Waals surface area contributed by atoms with Crippen molar-refractivity contribution in [2.24, 2.45) is 0 Å². The maximum absolute atomic E-state index is 12.9. The molecule has 3 rings (SSSR count). The first-order chi connectivity index (χ1) is 15.2. The average molecular weight is 472 g/mol. The summed E-state index contributed by atoms with van der Waals surface area (Å²) in [6, 6.07) is 23.4. The van der Waals surface area contributed by atoms with Crippen molar-refractivity contribution >= 4 is 33.2 Å². The molecule has 0 heterocycles. The van der Waals surface area contributed by atoms with Crippen molar-refractivity contribution in [2.45, 2.75) is 23.9 Å². The van der Waals surface area contributed by atoms with Crippen molar-refractivity contribution < 1.29 is 13.2 Å². The molecule has 0 aliphatic rings. The number of carbonyl (C=O) groups is 1. The fraction of sp³-hybridized carbons (Fsp3) is 0.208. The molecule has 6 nitrogen and oxygen atoms in total. The number of hydrogen-bond donors (Lipinski definition) is 2. The first kappa shape index (κ1) is 23.9. The van der Waals surface area contributed by atoms with E-state index in [0.29, 0.717) is 5.69 Å². The van der Waals surface area contributed by atoms with Crippen LogP contribution in [0.15, 0.2) is 83.8 Å². The lowest BCUT2D eigenvalue weighted by Gasteiger charge is -2.24. The summed E-state index contributed by atoms with van der Waals surface area (Å²) >= 11 is 6.10. The van der Waals surface area contributed by atoms with E-state index in [0.717, 1.165) is 15.4 Å². The van der Waals surface area contributed by atoms with Gasteiger partial charge in [0.25, 0.3) is 0 Å². The Bertz CT molecular complexity index is 1130. The molecule has 0 aromatic heterocycles. The first-order valence-electron chi connectivity index (χ1n) is 10.1. The van der Waals surface area contributed by atoms with E-state index >= 15 is 0 Å². The minimum atomic E-state index is -3.74. The van der Waals surface area contributed by atoms with Gasteiger partial charge in [-0.2, -0.15) is 0 Å². The quantitative estimate of drug-likeness (QED) is 0.513. The maximum atomic E-state index is 12.9. The van der Waals surface area contributed by atoms with Gasteiger partial charge in [0.1, 0.15) is 4.90 Å². The summed E-state index contributed by atoms with van der Waals surface area (Å²) in [5.41, 5.74) is 2.41. The summed E-state index contributed by atoms with van der Waals surface area (Å²) in [4.78, 5) is 12.9. The van der Waals surface area contributed by atoms with Crippen molar-refractivity contribution in [2.75, 3.05) is 19.4 Å². The van der Waals surface area contributed by atoms with Crippen LogP contribution in [0.1, 0.15) is 24.1 Å². The molecule has 3 aromatic rings. The van der Waals surface area contributed by atoms with Gasteiger partial charge in [-0.1, -0.05) is 72.3 Å². The molecule has 0 aliphatic heterocycles. The number of hydrogen-bond acceptors (Lipinski definition) is 4. The van der Waals surface area contributed by atoms with Gasteiger partial charge in [-0.05, 0) is 36.2 Å². The highest BCUT2D eigenvalue weighted by atomic mass is 35.5. The molecule has 3 aromatic carbocycles. The van der Waals surface area contributed by atoms with E-state index in [1.807, 2.05) is 60.7 Å². The van der Waals surface area contributed by atoms with Crippen LogP contribution in [-0.2, 0) is 14.8 Å². The Kier molecular flexibility index (Phi) is 7.69. The van der Waals surface area contributed by atoms with Gasteiger partial charge in [-0.25, -0.2) is 12.7 Å². The lowest BCUT2D eigenvalue weighted by Crippen LogP contribution is -2.40. The van der Waals surface area contributed by atoms with Gasteiger partial charge in [-0.3, -0.25) is 10.1 Å². The number of halogens is 1. The van der Waals surface area contributed by atoms with Crippen LogP contribution >= 0.6 is 11.6 Å². The second-order valence-electron chi connectivity index (χ2n) is 7.56. The topological polar surface area (TPSA) is 78.5 Å². The largest absolute Gasteiger partial charge is 0.325 e. The molecule has 0 saturated carbocycles. The molecule has 8 heteroatoms. The molecule has 1 atom stereocenters. The Morgan fingerprint density at radius 1 is 0.906 bits per heavy atom. The fourth-order valence-electron chi connectivity index (χ4n) is 3.23. The van der Waals surface area contributed by atoms with Crippen LogP contribution in [0, 0.1) is 0 Å². The molecule has 0 aliphatic carbocycles. The fourth-order valence-corrected chi connectivity index (χ4v) is 4.62. The van der Waals surface area contributed by atoms with E-state index in [4.69, 9.17) is 11.6 Å². The van der Waals surface area contributed by atoms with Crippen LogP contribution < -0.4 is 10.6 Å². The SMILES string of the molecule is CC(NC(c1ccccc1)c1ccccc1)C(=O)Nc1ccc(Cl)c(S(=O)(=O)N(C)C)c1. The Labute approximate surface area is 194 Å². The van der Waals surface area contributed by atoms with Crippen molar-refractivity contribution in [3.63, 3.8) is 0 Å². The van der Waals surface area contributed by atoms with Crippen molar-refractivity contribution in [1.82, 2.24) is 9.62 Å². The van der Waals surface area contributed by atoms with Gasteiger partial charge < -0.3 is 5.32 Å². The van der Waals surface area contributed by atoms with Gasteiger partial charge in [-0.15, -0.1) is 0 Å². The zero-order valence-electron chi connectivity index (χ0n) is 18.1. The van der Waals surface area contributed by atoms with E-state index in [-0.39, 0.29) is 21.9 Å². The first-order valence-corrected chi connectivity index (χ1v) is 11.9. The third-order valence-electron chi connectivity index (χ3n) is 5.03. The lowest BCUT2D eigenvalue weighted by atomic mass is 9.98. The summed E-state index contributed by atoms with van der Waals surface area (Å²) in [5.74, 6) is -0.294. The number of benzene rings is 3. The lowest BCUT2D eigenvalue weighted by molar-refractivity contribution is -0.117. The zero-order chi connectivity index (χ0) is 23.3. The third-order valence-corrected chi connectivity index (χ3v) is 7.33. The molecule has 32 heavy (non-hydrogen) atoms. The third kappa shape index (κ3) is 5.55. The number of sulfonamides is 1. The highest BCUT2D eigenvalue weighted by molar-refractivity contribution is 7.89. The number of nitrogens with one attached hydrogen (secondary N) is 2. The highest BCUT2D eigenvalue weighted by Crippen LogP contribution is 2.27. The minimum absolute atomic E-state index is 0.0611.